The number of carbonyl (C=O) groups excluding carboxylic acids is 1. The van der Waals surface area contributed by atoms with Gasteiger partial charge in [0.15, 0.2) is 0 Å². The monoisotopic (exact) mass is 337 g/mol. The Morgan fingerprint density at radius 3 is 2.70 bits per heavy atom. The molecule has 0 unspecified atom stereocenters. The first kappa shape index (κ1) is 17.7. The molecule has 0 aliphatic heterocycles. The fraction of sp³-hybridized carbons (Fsp3) is 0.529. The van der Waals surface area contributed by atoms with Gasteiger partial charge in [-0.05, 0) is 49.8 Å². The minimum Gasteiger partial charge on any atom is -0.497 e. The summed E-state index contributed by atoms with van der Waals surface area (Å²) in [7, 11) is 1.59. The normalized spacial score (nSPS) is 24.0. The number of carbonyl (C=O) groups is 2. The smallest absolute Gasteiger partial charge is 0.329 e. The van der Waals surface area contributed by atoms with E-state index in [4.69, 9.17) is 4.74 Å². The summed E-state index contributed by atoms with van der Waals surface area (Å²) in [5, 5.41) is 12.3. The van der Waals surface area contributed by atoms with Gasteiger partial charge in [0, 0.05) is 4.90 Å². The van der Waals surface area contributed by atoms with E-state index >= 15 is 0 Å². The zero-order valence-electron chi connectivity index (χ0n) is 13.5. The highest BCUT2D eigenvalue weighted by atomic mass is 32.2. The van der Waals surface area contributed by atoms with Crippen molar-refractivity contribution in [2.24, 2.45) is 5.92 Å². The van der Waals surface area contributed by atoms with Crippen molar-refractivity contribution in [3.63, 3.8) is 0 Å². The molecule has 0 heterocycles. The Morgan fingerprint density at radius 1 is 1.39 bits per heavy atom. The molecule has 1 amide bonds. The van der Waals surface area contributed by atoms with E-state index in [0.29, 0.717) is 18.8 Å². The van der Waals surface area contributed by atoms with Crippen molar-refractivity contribution in [3.8, 4) is 5.75 Å². The van der Waals surface area contributed by atoms with Crippen molar-refractivity contribution in [1.82, 2.24) is 5.32 Å². The van der Waals surface area contributed by atoms with Gasteiger partial charge in [-0.3, -0.25) is 4.79 Å². The van der Waals surface area contributed by atoms with Gasteiger partial charge in [-0.15, -0.1) is 11.8 Å². The first-order valence-electron chi connectivity index (χ1n) is 7.76. The lowest BCUT2D eigenvalue weighted by atomic mass is 9.77. The molecule has 2 rings (SSSR count). The molecule has 1 saturated carbocycles. The maximum Gasteiger partial charge on any atom is 0.329 e. The van der Waals surface area contributed by atoms with Crippen molar-refractivity contribution >= 4 is 23.6 Å². The highest BCUT2D eigenvalue weighted by Gasteiger charge is 2.42. The van der Waals surface area contributed by atoms with Gasteiger partial charge >= 0.3 is 5.97 Å². The van der Waals surface area contributed by atoms with Gasteiger partial charge in [-0.25, -0.2) is 4.79 Å². The molecule has 1 aromatic carbocycles. The number of nitrogens with one attached hydrogen (secondary N) is 1. The standard InChI is InChI=1S/C17H23NO4S/c1-12-6-8-17(9-7-12,16(20)21)18-15(19)11-23-14-5-3-4-13(10-14)22-2/h3-5,10,12H,6-9,11H2,1-2H3,(H,18,19)(H,20,21). The average Bonchev–Trinajstić information content (AvgIpc) is 2.55. The maximum absolute atomic E-state index is 12.2. The Morgan fingerprint density at radius 2 is 2.09 bits per heavy atom. The Balaban J connectivity index is 1.93. The van der Waals surface area contributed by atoms with Crippen LogP contribution >= 0.6 is 11.8 Å². The summed E-state index contributed by atoms with van der Waals surface area (Å²) >= 11 is 1.37. The number of carboxylic acids is 1. The molecule has 1 aliphatic carbocycles. The zero-order chi connectivity index (χ0) is 16.9. The number of carboxylic acid groups (broad SMARTS) is 1. The van der Waals surface area contributed by atoms with E-state index in [2.05, 4.69) is 12.2 Å². The van der Waals surface area contributed by atoms with Crippen LogP contribution in [0.2, 0.25) is 0 Å². The molecule has 0 saturated heterocycles. The topological polar surface area (TPSA) is 75.6 Å². The first-order valence-corrected chi connectivity index (χ1v) is 8.75. The lowest BCUT2D eigenvalue weighted by molar-refractivity contribution is -0.149. The van der Waals surface area contributed by atoms with Gasteiger partial charge in [-0.1, -0.05) is 13.0 Å². The number of benzene rings is 1. The molecule has 1 fully saturated rings. The molecule has 1 aliphatic rings. The van der Waals surface area contributed by atoms with E-state index in [1.807, 2.05) is 24.3 Å². The summed E-state index contributed by atoms with van der Waals surface area (Å²) in [6, 6.07) is 7.45. The Kier molecular flexibility index (Phi) is 5.93. The molecule has 0 radical (unpaired) electrons. The minimum atomic E-state index is -1.10. The van der Waals surface area contributed by atoms with E-state index in [-0.39, 0.29) is 11.7 Å². The highest BCUT2D eigenvalue weighted by Crippen LogP contribution is 2.32. The summed E-state index contributed by atoms with van der Waals surface area (Å²) in [6.07, 6.45) is 2.66. The molecule has 5 nitrogen and oxygen atoms in total. The quantitative estimate of drug-likeness (QED) is 0.781. The number of methoxy groups -OCH3 is 1. The van der Waals surface area contributed by atoms with Gasteiger partial charge in [0.05, 0.1) is 12.9 Å². The largest absolute Gasteiger partial charge is 0.497 e. The fourth-order valence-corrected chi connectivity index (χ4v) is 3.53. The molecule has 0 atom stereocenters. The fourth-order valence-electron chi connectivity index (χ4n) is 2.79. The predicted octanol–water partition coefficient (Wildman–Crippen LogP) is 2.94. The van der Waals surface area contributed by atoms with Crippen molar-refractivity contribution in [2.75, 3.05) is 12.9 Å². The van der Waals surface area contributed by atoms with Crippen LogP contribution < -0.4 is 10.1 Å². The number of hydrogen-bond acceptors (Lipinski definition) is 4. The lowest BCUT2D eigenvalue weighted by Crippen LogP contribution is -2.56. The summed E-state index contributed by atoms with van der Waals surface area (Å²) in [4.78, 5) is 24.8. The Bertz CT molecular complexity index is 567. The van der Waals surface area contributed by atoms with Gasteiger partial charge in [0.25, 0.3) is 0 Å². The van der Waals surface area contributed by atoms with Crippen molar-refractivity contribution in [1.29, 1.82) is 0 Å². The molecule has 0 aromatic heterocycles. The SMILES string of the molecule is COc1cccc(SCC(=O)NC2(C(=O)O)CCC(C)CC2)c1. The van der Waals surface area contributed by atoms with E-state index < -0.39 is 11.5 Å². The molecule has 1 aromatic rings. The first-order chi connectivity index (χ1) is 10.9. The third-order valence-electron chi connectivity index (χ3n) is 4.33. The van der Waals surface area contributed by atoms with Gasteiger partial charge in [0.2, 0.25) is 5.91 Å². The second-order valence-electron chi connectivity index (χ2n) is 6.09. The van der Waals surface area contributed by atoms with Crippen LogP contribution in [0.4, 0.5) is 0 Å². The number of amides is 1. The van der Waals surface area contributed by atoms with Gasteiger partial charge in [-0.2, -0.15) is 0 Å². The molecule has 23 heavy (non-hydrogen) atoms. The third-order valence-corrected chi connectivity index (χ3v) is 5.32. The number of aliphatic carboxylic acids is 1. The van der Waals surface area contributed by atoms with Crippen LogP contribution in [0.25, 0.3) is 0 Å². The molecular formula is C17H23NO4S. The number of rotatable bonds is 6. The molecule has 6 heteroatoms. The molecule has 0 spiro atoms. The summed E-state index contributed by atoms with van der Waals surface area (Å²) in [6.45, 7) is 2.12. The number of thioether (sulfide) groups is 1. The van der Waals surface area contributed by atoms with Gasteiger partial charge in [0.1, 0.15) is 11.3 Å². The van der Waals surface area contributed by atoms with Crippen LogP contribution in [0.5, 0.6) is 5.75 Å². The van der Waals surface area contributed by atoms with E-state index in [1.165, 1.54) is 11.8 Å². The van der Waals surface area contributed by atoms with Crippen LogP contribution in [0.3, 0.4) is 0 Å². The predicted molar refractivity (Wildman–Crippen MR) is 89.9 cm³/mol. The van der Waals surface area contributed by atoms with E-state index in [9.17, 15) is 14.7 Å². The highest BCUT2D eigenvalue weighted by molar-refractivity contribution is 8.00. The Labute approximate surface area is 140 Å². The lowest BCUT2D eigenvalue weighted by Gasteiger charge is -2.36. The number of hydrogen-bond donors (Lipinski definition) is 2. The van der Waals surface area contributed by atoms with E-state index in [1.54, 1.807) is 7.11 Å². The minimum absolute atomic E-state index is 0.192. The molecular weight excluding hydrogens is 314 g/mol. The van der Waals surface area contributed by atoms with Crippen LogP contribution in [0.1, 0.15) is 32.6 Å². The third kappa shape index (κ3) is 4.64. The van der Waals surface area contributed by atoms with Crippen LogP contribution in [0.15, 0.2) is 29.2 Å². The second-order valence-corrected chi connectivity index (χ2v) is 7.13. The number of ether oxygens (including phenoxy) is 1. The van der Waals surface area contributed by atoms with Crippen molar-refractivity contribution < 1.29 is 19.4 Å². The summed E-state index contributed by atoms with van der Waals surface area (Å²) in [5.74, 6) is 0.278. The summed E-state index contributed by atoms with van der Waals surface area (Å²) in [5.41, 5.74) is -1.10. The summed E-state index contributed by atoms with van der Waals surface area (Å²) < 4.78 is 5.15. The molecule has 0 bridgehead atoms. The van der Waals surface area contributed by atoms with Crippen LogP contribution in [-0.2, 0) is 9.59 Å². The van der Waals surface area contributed by atoms with Crippen LogP contribution in [-0.4, -0.2) is 35.4 Å². The molecule has 2 N–H and O–H groups in total. The van der Waals surface area contributed by atoms with Gasteiger partial charge < -0.3 is 15.2 Å². The Hall–Kier alpha value is -1.69. The zero-order valence-corrected chi connectivity index (χ0v) is 14.3. The van der Waals surface area contributed by atoms with Crippen molar-refractivity contribution in [3.05, 3.63) is 24.3 Å². The average molecular weight is 337 g/mol. The molecule has 126 valence electrons. The second kappa shape index (κ2) is 7.73. The van der Waals surface area contributed by atoms with Crippen LogP contribution in [0, 0.1) is 5.92 Å². The van der Waals surface area contributed by atoms with E-state index in [0.717, 1.165) is 23.5 Å². The maximum atomic E-state index is 12.2. The van der Waals surface area contributed by atoms with Crippen molar-refractivity contribution in [2.45, 2.75) is 43.0 Å².